The Hall–Kier alpha value is -3.57. The average molecular weight is 314 g/mol. The van der Waals surface area contributed by atoms with E-state index in [2.05, 4.69) is 10.2 Å². The number of hydrogen-bond donors (Lipinski definition) is 2. The fraction of sp³-hybridized carbons (Fsp3) is 0.105. The van der Waals surface area contributed by atoms with Crippen molar-refractivity contribution in [2.75, 3.05) is 0 Å². The molecule has 5 heteroatoms. The van der Waals surface area contributed by atoms with Gasteiger partial charge in [0.25, 0.3) is 0 Å². The molecular formula is C19H14N4O. The normalized spacial score (nSPS) is 10.2. The number of nitrogens with one attached hydrogen (secondary N) is 1. The van der Waals surface area contributed by atoms with E-state index in [1.54, 1.807) is 0 Å². The van der Waals surface area contributed by atoms with Crippen molar-refractivity contribution < 1.29 is 5.11 Å². The minimum Gasteiger partial charge on any atom is -0.507 e. The molecule has 5 nitrogen and oxygen atoms in total. The zero-order chi connectivity index (χ0) is 17.3. The first-order valence-electron chi connectivity index (χ1n) is 7.34. The summed E-state index contributed by atoms with van der Waals surface area (Å²) < 4.78 is 0. The zero-order valence-corrected chi connectivity index (χ0v) is 13.3. The van der Waals surface area contributed by atoms with Crippen LogP contribution in [0.15, 0.2) is 36.4 Å². The lowest BCUT2D eigenvalue weighted by Gasteiger charge is -2.09. The van der Waals surface area contributed by atoms with E-state index in [-0.39, 0.29) is 16.9 Å². The van der Waals surface area contributed by atoms with Crippen LogP contribution in [-0.4, -0.2) is 15.3 Å². The highest BCUT2D eigenvalue weighted by molar-refractivity contribution is 5.86. The van der Waals surface area contributed by atoms with Gasteiger partial charge in [0, 0.05) is 22.4 Å². The summed E-state index contributed by atoms with van der Waals surface area (Å²) in [6, 6.07) is 14.7. The monoisotopic (exact) mass is 314 g/mol. The molecule has 0 aliphatic carbocycles. The molecule has 0 aliphatic rings. The smallest absolute Gasteiger partial charge is 0.124 e. The Bertz CT molecular complexity index is 1000. The highest BCUT2D eigenvalue weighted by Crippen LogP contribution is 2.39. The third-order valence-electron chi connectivity index (χ3n) is 3.92. The summed E-state index contributed by atoms with van der Waals surface area (Å²) in [4.78, 5) is 0. The number of hydrogen-bond acceptors (Lipinski definition) is 4. The maximum Gasteiger partial charge on any atom is 0.124 e. The minimum atomic E-state index is -0.0524. The van der Waals surface area contributed by atoms with Gasteiger partial charge in [0.15, 0.2) is 0 Å². The molecule has 116 valence electrons. The third kappa shape index (κ3) is 2.49. The lowest BCUT2D eigenvalue weighted by molar-refractivity contribution is 0.477. The van der Waals surface area contributed by atoms with E-state index in [4.69, 9.17) is 5.26 Å². The quantitative estimate of drug-likeness (QED) is 0.751. The summed E-state index contributed by atoms with van der Waals surface area (Å²) in [6.07, 6.45) is 0. The van der Waals surface area contributed by atoms with E-state index >= 15 is 0 Å². The van der Waals surface area contributed by atoms with Gasteiger partial charge in [-0.25, -0.2) is 0 Å². The van der Waals surface area contributed by atoms with E-state index in [1.807, 2.05) is 50.3 Å². The van der Waals surface area contributed by atoms with Crippen molar-refractivity contribution in [3.05, 3.63) is 58.8 Å². The highest BCUT2D eigenvalue weighted by Gasteiger charge is 2.19. The molecular weight excluding hydrogens is 300 g/mol. The molecule has 0 saturated carbocycles. The highest BCUT2D eigenvalue weighted by atomic mass is 16.3. The SMILES string of the molecule is Cc1ccc(-c2n[nH]c(C)c2-c2cc(C#N)c(C#N)cc2O)cc1. The molecule has 3 aromatic rings. The summed E-state index contributed by atoms with van der Waals surface area (Å²) in [5.74, 6) is -0.0524. The Morgan fingerprint density at radius 1 is 1.00 bits per heavy atom. The van der Waals surface area contributed by atoms with Gasteiger partial charge in [0.2, 0.25) is 0 Å². The van der Waals surface area contributed by atoms with Crippen molar-refractivity contribution in [1.29, 1.82) is 10.5 Å². The fourth-order valence-corrected chi connectivity index (χ4v) is 2.65. The molecule has 0 aliphatic heterocycles. The fourth-order valence-electron chi connectivity index (χ4n) is 2.65. The molecule has 0 atom stereocenters. The Balaban J connectivity index is 2.25. The summed E-state index contributed by atoms with van der Waals surface area (Å²) in [7, 11) is 0. The number of aromatic hydroxyl groups is 1. The maximum absolute atomic E-state index is 10.4. The molecule has 0 saturated heterocycles. The molecule has 1 aromatic heterocycles. The number of phenols is 1. The van der Waals surface area contributed by atoms with Crippen molar-refractivity contribution in [3.63, 3.8) is 0 Å². The molecule has 0 bridgehead atoms. The van der Waals surface area contributed by atoms with Crippen molar-refractivity contribution in [1.82, 2.24) is 10.2 Å². The number of nitrogens with zero attached hydrogens (tertiary/aromatic N) is 3. The first kappa shape index (κ1) is 15.3. The number of phenolic OH excluding ortho intramolecular Hbond substituents is 1. The molecule has 1 heterocycles. The van der Waals surface area contributed by atoms with E-state index in [9.17, 15) is 10.4 Å². The molecule has 2 N–H and O–H groups in total. The largest absolute Gasteiger partial charge is 0.507 e. The van der Waals surface area contributed by atoms with Gasteiger partial charge in [-0.15, -0.1) is 0 Å². The van der Waals surface area contributed by atoms with Crippen LogP contribution in [0.5, 0.6) is 5.75 Å². The second-order valence-corrected chi connectivity index (χ2v) is 5.58. The van der Waals surface area contributed by atoms with Gasteiger partial charge in [0.1, 0.15) is 23.6 Å². The lowest BCUT2D eigenvalue weighted by Crippen LogP contribution is -1.90. The van der Waals surface area contributed by atoms with Crippen molar-refractivity contribution in [3.8, 4) is 40.3 Å². The maximum atomic E-state index is 10.4. The second kappa shape index (κ2) is 5.91. The molecule has 0 amide bonds. The van der Waals surface area contributed by atoms with Gasteiger partial charge in [-0.3, -0.25) is 5.10 Å². The van der Waals surface area contributed by atoms with E-state index < -0.39 is 0 Å². The number of rotatable bonds is 2. The number of nitriles is 2. The van der Waals surface area contributed by atoms with Crippen LogP contribution in [0.3, 0.4) is 0 Å². The van der Waals surface area contributed by atoms with Gasteiger partial charge in [-0.1, -0.05) is 29.8 Å². The first-order valence-corrected chi connectivity index (χ1v) is 7.34. The molecule has 0 spiro atoms. The van der Waals surface area contributed by atoms with Gasteiger partial charge in [-0.2, -0.15) is 15.6 Å². The Kier molecular flexibility index (Phi) is 3.77. The summed E-state index contributed by atoms with van der Waals surface area (Å²) in [5, 5.41) is 36.0. The van der Waals surface area contributed by atoms with Gasteiger partial charge < -0.3 is 5.11 Å². The minimum absolute atomic E-state index is 0.0524. The first-order chi connectivity index (χ1) is 11.5. The van der Waals surface area contributed by atoms with Crippen LogP contribution in [0, 0.1) is 36.5 Å². The number of aromatic amines is 1. The van der Waals surface area contributed by atoms with Crippen LogP contribution in [0.1, 0.15) is 22.4 Å². The Morgan fingerprint density at radius 3 is 2.25 bits per heavy atom. The average Bonchev–Trinajstić information content (AvgIpc) is 2.96. The van der Waals surface area contributed by atoms with Crippen molar-refractivity contribution in [2.24, 2.45) is 0 Å². The van der Waals surface area contributed by atoms with Crippen LogP contribution in [0.4, 0.5) is 0 Å². The lowest BCUT2D eigenvalue weighted by atomic mass is 9.95. The second-order valence-electron chi connectivity index (χ2n) is 5.58. The standard InChI is InChI=1S/C19H14N4O/c1-11-3-5-13(6-4-11)19-18(12(2)22-23-19)16-7-14(9-20)15(10-21)8-17(16)24/h3-8,24H,1-2H3,(H,22,23). The number of benzene rings is 2. The van der Waals surface area contributed by atoms with Crippen molar-refractivity contribution >= 4 is 0 Å². The Morgan fingerprint density at radius 2 is 1.62 bits per heavy atom. The molecule has 2 aromatic carbocycles. The van der Waals surface area contributed by atoms with E-state index in [1.165, 1.54) is 12.1 Å². The van der Waals surface area contributed by atoms with Crippen molar-refractivity contribution in [2.45, 2.75) is 13.8 Å². The van der Waals surface area contributed by atoms with Crippen LogP contribution in [0.2, 0.25) is 0 Å². The van der Waals surface area contributed by atoms with Crippen LogP contribution in [-0.2, 0) is 0 Å². The Labute approximate surface area is 139 Å². The van der Waals surface area contributed by atoms with Crippen LogP contribution < -0.4 is 0 Å². The van der Waals surface area contributed by atoms with Crippen LogP contribution >= 0.6 is 0 Å². The van der Waals surface area contributed by atoms with Gasteiger partial charge >= 0.3 is 0 Å². The molecule has 0 radical (unpaired) electrons. The summed E-state index contributed by atoms with van der Waals surface area (Å²) in [6.45, 7) is 3.86. The molecule has 24 heavy (non-hydrogen) atoms. The third-order valence-corrected chi connectivity index (χ3v) is 3.92. The topological polar surface area (TPSA) is 96.5 Å². The summed E-state index contributed by atoms with van der Waals surface area (Å²) in [5.41, 5.74) is 5.08. The number of aryl methyl sites for hydroxylation is 2. The predicted octanol–water partition coefficient (Wildman–Crippen LogP) is 3.81. The van der Waals surface area contributed by atoms with Crippen LogP contribution in [0.25, 0.3) is 22.4 Å². The predicted molar refractivity (Wildman–Crippen MR) is 90.0 cm³/mol. The molecule has 3 rings (SSSR count). The zero-order valence-electron chi connectivity index (χ0n) is 13.3. The van der Waals surface area contributed by atoms with E-state index in [0.717, 1.165) is 22.4 Å². The molecule has 0 fully saturated rings. The molecule has 0 unspecified atom stereocenters. The van der Waals surface area contributed by atoms with E-state index in [0.29, 0.717) is 11.3 Å². The van der Waals surface area contributed by atoms with Gasteiger partial charge in [-0.05, 0) is 26.0 Å². The summed E-state index contributed by atoms with van der Waals surface area (Å²) >= 11 is 0. The van der Waals surface area contributed by atoms with Gasteiger partial charge in [0.05, 0.1) is 11.1 Å². The number of H-pyrrole nitrogens is 1. The number of aromatic nitrogens is 2.